The van der Waals surface area contributed by atoms with E-state index in [1.54, 1.807) is 42.5 Å². The van der Waals surface area contributed by atoms with Gasteiger partial charge in [0.15, 0.2) is 11.6 Å². The van der Waals surface area contributed by atoms with Crippen molar-refractivity contribution < 1.29 is 33.4 Å². The zero-order chi connectivity index (χ0) is 31.3. The number of Topliss-reactive ketones (excluding diaryl/α,β-unsaturated/α-hetero) is 2. The number of rotatable bonds is 8. The van der Waals surface area contributed by atoms with Gasteiger partial charge in [0.05, 0.1) is 34.1 Å². The second-order valence-corrected chi connectivity index (χ2v) is 13.0. The number of ether oxygens (including phenoxy) is 2. The fourth-order valence-corrected chi connectivity index (χ4v) is 7.64. The van der Waals surface area contributed by atoms with Crippen molar-refractivity contribution in [1.82, 2.24) is 9.80 Å². The molecule has 232 valence electrons. The van der Waals surface area contributed by atoms with Crippen LogP contribution in [0.15, 0.2) is 42.5 Å². The van der Waals surface area contributed by atoms with E-state index >= 15 is 0 Å². The minimum atomic E-state index is -1.96. The Kier molecular flexibility index (Phi) is 8.49. The van der Waals surface area contributed by atoms with E-state index in [4.69, 9.17) is 50.0 Å². The molecule has 4 aliphatic rings. The van der Waals surface area contributed by atoms with Crippen LogP contribution in [0.1, 0.15) is 24.0 Å². The number of carbonyl (C=O) groups excluding carboxylic acids is 5. The van der Waals surface area contributed by atoms with Crippen molar-refractivity contribution in [3.8, 4) is 0 Å². The van der Waals surface area contributed by atoms with Gasteiger partial charge in [0.1, 0.15) is 19.3 Å². The third kappa shape index (κ3) is 5.20. The Bertz CT molecular complexity index is 1540. The summed E-state index contributed by atoms with van der Waals surface area (Å²) in [4.78, 5) is 71.0. The molecular formula is C31H30Cl3N3O7. The Hall–Kier alpha value is -3.02. The largest absolute Gasteiger partial charge is 0.368 e. The van der Waals surface area contributed by atoms with Gasteiger partial charge in [-0.1, -0.05) is 53.0 Å². The van der Waals surface area contributed by atoms with Gasteiger partial charge < -0.3 is 25.0 Å². The Morgan fingerprint density at radius 1 is 0.864 bits per heavy atom. The van der Waals surface area contributed by atoms with Crippen molar-refractivity contribution in [2.24, 2.45) is 17.6 Å². The van der Waals surface area contributed by atoms with Crippen molar-refractivity contribution in [3.63, 3.8) is 0 Å². The zero-order valence-corrected chi connectivity index (χ0v) is 25.8. The molecule has 2 N–H and O–H groups in total. The molecule has 4 saturated heterocycles. The number of fused-ring (bicyclic) bond motifs is 2. The van der Waals surface area contributed by atoms with E-state index in [0.29, 0.717) is 27.6 Å². The number of ketones is 2. The quantitative estimate of drug-likeness (QED) is 0.430. The summed E-state index contributed by atoms with van der Waals surface area (Å²) in [5.41, 5.74) is 5.21. The maximum Gasteiger partial charge on any atom is 0.254 e. The third-order valence-electron chi connectivity index (χ3n) is 9.31. The number of carbonyl (C=O) groups is 5. The highest BCUT2D eigenvalue weighted by Crippen LogP contribution is 2.41. The van der Waals surface area contributed by atoms with Gasteiger partial charge in [-0.2, -0.15) is 0 Å². The van der Waals surface area contributed by atoms with E-state index in [2.05, 4.69) is 0 Å². The molecule has 0 aliphatic carbocycles. The molecule has 4 heterocycles. The first-order valence-electron chi connectivity index (χ1n) is 14.4. The molecule has 0 aromatic heterocycles. The van der Waals surface area contributed by atoms with Gasteiger partial charge in [-0.15, -0.1) is 0 Å². The van der Waals surface area contributed by atoms with Crippen molar-refractivity contribution in [3.05, 3.63) is 68.7 Å². The average molecular weight is 663 g/mol. The number of nitrogens with two attached hydrogens (primary N) is 1. The molecule has 44 heavy (non-hydrogen) atoms. The molecule has 2 aromatic carbocycles. The molecule has 0 spiro atoms. The predicted octanol–water partition coefficient (Wildman–Crippen LogP) is 2.66. The molecule has 4 aliphatic heterocycles. The Balaban J connectivity index is 1.44. The van der Waals surface area contributed by atoms with Gasteiger partial charge in [0, 0.05) is 18.1 Å². The van der Waals surface area contributed by atoms with E-state index in [0.717, 1.165) is 0 Å². The molecule has 2 aromatic rings. The van der Waals surface area contributed by atoms with Gasteiger partial charge in [-0.25, -0.2) is 0 Å². The van der Waals surface area contributed by atoms with E-state index in [1.807, 2.05) is 0 Å². The predicted molar refractivity (Wildman–Crippen MR) is 160 cm³/mol. The van der Waals surface area contributed by atoms with Crippen molar-refractivity contribution >= 4 is 64.1 Å². The van der Waals surface area contributed by atoms with Crippen LogP contribution in [0, 0.1) is 11.8 Å². The molecule has 0 saturated carbocycles. The first-order valence-corrected chi connectivity index (χ1v) is 15.5. The lowest BCUT2D eigenvalue weighted by Crippen LogP contribution is -2.65. The molecule has 6 atom stereocenters. The maximum atomic E-state index is 14.8. The molecule has 3 amide bonds. The topological polar surface area (TPSA) is 136 Å². The molecule has 6 unspecified atom stereocenters. The van der Waals surface area contributed by atoms with Crippen molar-refractivity contribution in [2.75, 3.05) is 26.3 Å². The highest BCUT2D eigenvalue weighted by atomic mass is 35.5. The molecule has 6 rings (SSSR count). The van der Waals surface area contributed by atoms with Crippen molar-refractivity contribution in [2.45, 2.75) is 49.5 Å². The Morgan fingerprint density at radius 3 is 2.25 bits per heavy atom. The van der Waals surface area contributed by atoms with Crippen LogP contribution in [0.2, 0.25) is 15.1 Å². The summed E-state index contributed by atoms with van der Waals surface area (Å²) in [5.74, 6) is -4.84. The molecule has 10 nitrogen and oxygen atoms in total. The highest BCUT2D eigenvalue weighted by Gasteiger charge is 2.65. The van der Waals surface area contributed by atoms with Gasteiger partial charge in [-0.3, -0.25) is 24.0 Å². The van der Waals surface area contributed by atoms with E-state index in [1.165, 1.54) is 9.80 Å². The lowest BCUT2D eigenvalue weighted by atomic mass is 9.79. The molecule has 13 heteroatoms. The van der Waals surface area contributed by atoms with Crippen LogP contribution in [0.4, 0.5) is 0 Å². The van der Waals surface area contributed by atoms with Crippen LogP contribution in [0.3, 0.4) is 0 Å². The first kappa shape index (κ1) is 31.0. The van der Waals surface area contributed by atoms with Gasteiger partial charge >= 0.3 is 0 Å². The molecule has 4 fully saturated rings. The fraction of sp³-hybridized carbons (Fsp3) is 0.452. The number of hydrogen-bond acceptors (Lipinski definition) is 7. The summed E-state index contributed by atoms with van der Waals surface area (Å²) in [6, 6.07) is 11.1. The maximum absolute atomic E-state index is 14.8. The number of hydrogen-bond donors (Lipinski definition) is 1. The van der Waals surface area contributed by atoms with Gasteiger partial charge in [-0.05, 0) is 61.1 Å². The normalized spacial score (nSPS) is 27.4. The summed E-state index contributed by atoms with van der Waals surface area (Å²) in [5, 5.41) is 1.10. The lowest BCUT2D eigenvalue weighted by molar-refractivity contribution is -0.156. The summed E-state index contributed by atoms with van der Waals surface area (Å²) in [7, 11) is 0. The second kappa shape index (κ2) is 12.1. The Labute approximate surface area is 268 Å². The minimum absolute atomic E-state index is 0.0454. The second-order valence-electron chi connectivity index (χ2n) is 11.7. The standard InChI is InChI=1S/C31H30Cl3N3O7/c32-18-4-1-16(2-5-18)11-20(29(41)37-10-8-26-31(37,30(35)42)25(39)15-44-26)19(12-17-3-6-21(33)22(34)13-17)28(40)36-9-7-24-27(36)23(38)14-43-24/h1-6,13,19-20,24,26-27H,7-12,14-15H2,(H2,35,42). The summed E-state index contributed by atoms with van der Waals surface area (Å²) < 4.78 is 11.2. The minimum Gasteiger partial charge on any atom is -0.368 e. The van der Waals surface area contributed by atoms with Crippen LogP contribution in [-0.2, 0) is 46.3 Å². The van der Waals surface area contributed by atoms with Crippen molar-refractivity contribution in [1.29, 1.82) is 0 Å². The van der Waals surface area contributed by atoms with Crippen LogP contribution >= 0.6 is 34.8 Å². The fourth-order valence-electron chi connectivity index (χ4n) is 7.19. The van der Waals surface area contributed by atoms with Crippen LogP contribution < -0.4 is 5.73 Å². The monoisotopic (exact) mass is 661 g/mol. The summed E-state index contributed by atoms with van der Waals surface area (Å²) in [6.45, 7) is -0.0986. The lowest BCUT2D eigenvalue weighted by Gasteiger charge is -2.38. The average Bonchev–Trinajstić information content (AvgIpc) is 3.76. The van der Waals surface area contributed by atoms with E-state index < -0.39 is 59.1 Å². The van der Waals surface area contributed by atoms with Crippen LogP contribution in [0.25, 0.3) is 0 Å². The van der Waals surface area contributed by atoms with Crippen LogP contribution in [-0.4, -0.2) is 89.2 Å². The highest BCUT2D eigenvalue weighted by molar-refractivity contribution is 6.42. The number of likely N-dealkylation sites (tertiary alicyclic amines) is 2. The molecular weight excluding hydrogens is 633 g/mol. The SMILES string of the molecule is NC(=O)C12C(=O)COC1CCN2C(=O)C(Cc1ccc(Cl)cc1)C(Cc1ccc(Cl)c(Cl)c1)C(=O)N1CCC2OCC(=O)C21. The smallest absolute Gasteiger partial charge is 0.254 e. The number of halogens is 3. The third-order valence-corrected chi connectivity index (χ3v) is 10.3. The van der Waals surface area contributed by atoms with E-state index in [-0.39, 0.29) is 56.4 Å². The molecule has 0 bridgehead atoms. The first-order chi connectivity index (χ1) is 21.0. The number of benzene rings is 2. The number of primary amides is 1. The summed E-state index contributed by atoms with van der Waals surface area (Å²) in [6.07, 6.45) is -0.417. The number of nitrogens with zero attached hydrogens (tertiary/aromatic N) is 2. The van der Waals surface area contributed by atoms with Crippen LogP contribution in [0.5, 0.6) is 0 Å². The Morgan fingerprint density at radius 2 is 1.55 bits per heavy atom. The molecule has 0 radical (unpaired) electrons. The van der Waals surface area contributed by atoms with Gasteiger partial charge in [0.2, 0.25) is 17.4 Å². The zero-order valence-electron chi connectivity index (χ0n) is 23.5. The number of amides is 3. The van der Waals surface area contributed by atoms with Gasteiger partial charge in [0.25, 0.3) is 5.91 Å². The summed E-state index contributed by atoms with van der Waals surface area (Å²) >= 11 is 18.6. The van der Waals surface area contributed by atoms with E-state index in [9.17, 15) is 24.0 Å².